The van der Waals surface area contributed by atoms with Gasteiger partial charge in [-0.05, 0) is 18.6 Å². The molecule has 0 radical (unpaired) electrons. The predicted molar refractivity (Wildman–Crippen MR) is 92.8 cm³/mol. The quantitative estimate of drug-likeness (QED) is 0.764. The molecule has 0 unspecified atom stereocenters. The maximum atomic E-state index is 12.0. The summed E-state index contributed by atoms with van der Waals surface area (Å²) >= 11 is 1.34. The molecule has 1 aliphatic rings. The molecule has 6 nitrogen and oxygen atoms in total. The number of benzene rings is 1. The molecule has 1 atom stereocenters. The van der Waals surface area contributed by atoms with Gasteiger partial charge in [-0.15, -0.1) is 11.8 Å². The van der Waals surface area contributed by atoms with Crippen LogP contribution in [0.4, 0.5) is 5.69 Å². The molecule has 1 aromatic rings. The Bertz CT molecular complexity index is 620. The molecule has 1 aliphatic heterocycles. The van der Waals surface area contributed by atoms with Gasteiger partial charge in [-0.25, -0.2) is 0 Å². The minimum absolute atomic E-state index is 0.0587. The van der Waals surface area contributed by atoms with Gasteiger partial charge < -0.3 is 15.0 Å². The Morgan fingerprint density at radius 2 is 2.08 bits per heavy atom. The zero-order valence-electron chi connectivity index (χ0n) is 13.9. The summed E-state index contributed by atoms with van der Waals surface area (Å²) in [6.45, 7) is 2.41. The van der Waals surface area contributed by atoms with Crippen LogP contribution in [0.15, 0.2) is 29.2 Å². The van der Waals surface area contributed by atoms with Crippen LogP contribution in [0.1, 0.15) is 26.2 Å². The number of hydrogen-bond donors (Lipinski definition) is 1. The summed E-state index contributed by atoms with van der Waals surface area (Å²) in [6.07, 6.45) is 1.85. The van der Waals surface area contributed by atoms with E-state index in [1.165, 1.54) is 11.8 Å². The molecule has 130 valence electrons. The van der Waals surface area contributed by atoms with E-state index in [0.29, 0.717) is 6.54 Å². The van der Waals surface area contributed by atoms with Crippen molar-refractivity contribution in [3.63, 3.8) is 0 Å². The van der Waals surface area contributed by atoms with E-state index >= 15 is 0 Å². The zero-order chi connectivity index (χ0) is 17.5. The van der Waals surface area contributed by atoms with Gasteiger partial charge in [-0.3, -0.25) is 14.4 Å². The van der Waals surface area contributed by atoms with E-state index in [4.69, 9.17) is 4.74 Å². The third kappa shape index (κ3) is 4.99. The Labute approximate surface area is 145 Å². The SMILES string of the molecule is CCCCN(C)C(=O)COC(=O)C[C@@H]1Sc2ccccc2NC1=O. The molecule has 7 heteroatoms. The van der Waals surface area contributed by atoms with Crippen molar-refractivity contribution in [1.82, 2.24) is 4.90 Å². The second-order valence-corrected chi connectivity index (χ2v) is 6.87. The highest BCUT2D eigenvalue weighted by atomic mass is 32.2. The Morgan fingerprint density at radius 3 is 2.83 bits per heavy atom. The molecule has 2 rings (SSSR count). The van der Waals surface area contributed by atoms with E-state index < -0.39 is 11.2 Å². The lowest BCUT2D eigenvalue weighted by Gasteiger charge is -2.23. The summed E-state index contributed by atoms with van der Waals surface area (Å²) in [5.41, 5.74) is 0.754. The van der Waals surface area contributed by atoms with Crippen molar-refractivity contribution in [3.8, 4) is 0 Å². The van der Waals surface area contributed by atoms with Gasteiger partial charge in [0.25, 0.3) is 5.91 Å². The molecule has 0 spiro atoms. The summed E-state index contributed by atoms with van der Waals surface area (Å²) in [5.74, 6) is -0.996. The van der Waals surface area contributed by atoms with E-state index in [2.05, 4.69) is 5.32 Å². The lowest BCUT2D eigenvalue weighted by molar-refractivity contribution is -0.151. The van der Waals surface area contributed by atoms with Crippen molar-refractivity contribution in [2.24, 2.45) is 0 Å². The van der Waals surface area contributed by atoms with Crippen molar-refractivity contribution < 1.29 is 19.1 Å². The number of carbonyl (C=O) groups excluding carboxylic acids is 3. The fourth-order valence-electron chi connectivity index (χ4n) is 2.21. The second kappa shape index (κ2) is 8.73. The number of fused-ring (bicyclic) bond motifs is 1. The van der Waals surface area contributed by atoms with Crippen LogP contribution in [0.5, 0.6) is 0 Å². The molecule has 0 saturated heterocycles. The fourth-order valence-corrected chi connectivity index (χ4v) is 3.30. The van der Waals surface area contributed by atoms with Crippen LogP contribution in [0.25, 0.3) is 0 Å². The first-order valence-electron chi connectivity index (χ1n) is 7.97. The molecule has 0 aromatic heterocycles. The molecule has 24 heavy (non-hydrogen) atoms. The number of likely N-dealkylation sites (N-methyl/N-ethyl adjacent to an activating group) is 1. The number of para-hydroxylation sites is 1. The molecule has 1 aromatic carbocycles. The number of carbonyl (C=O) groups is 3. The number of thioether (sulfide) groups is 1. The highest BCUT2D eigenvalue weighted by Gasteiger charge is 2.29. The molecule has 1 heterocycles. The fraction of sp³-hybridized carbons (Fsp3) is 0.471. The van der Waals surface area contributed by atoms with Crippen molar-refractivity contribution in [2.75, 3.05) is 25.5 Å². The molecule has 2 amide bonds. The average Bonchev–Trinajstić information content (AvgIpc) is 2.58. The second-order valence-electron chi connectivity index (χ2n) is 5.63. The average molecular weight is 350 g/mol. The molecule has 0 aliphatic carbocycles. The summed E-state index contributed by atoms with van der Waals surface area (Å²) in [4.78, 5) is 38.3. The Balaban J connectivity index is 1.80. The van der Waals surface area contributed by atoms with Crippen LogP contribution in [0.3, 0.4) is 0 Å². The Morgan fingerprint density at radius 1 is 1.33 bits per heavy atom. The lowest BCUT2D eigenvalue weighted by Crippen LogP contribution is -2.34. The normalized spacial score (nSPS) is 16.1. The third-order valence-corrected chi connectivity index (χ3v) is 4.96. The molecular weight excluding hydrogens is 328 g/mol. The van der Waals surface area contributed by atoms with E-state index in [1.54, 1.807) is 11.9 Å². The van der Waals surface area contributed by atoms with Gasteiger partial charge in [0.2, 0.25) is 5.91 Å². The van der Waals surface area contributed by atoms with E-state index in [1.807, 2.05) is 31.2 Å². The predicted octanol–water partition coefficient (Wildman–Crippen LogP) is 2.29. The smallest absolute Gasteiger partial charge is 0.307 e. The number of hydrogen-bond acceptors (Lipinski definition) is 5. The van der Waals surface area contributed by atoms with Crippen molar-refractivity contribution in [3.05, 3.63) is 24.3 Å². The van der Waals surface area contributed by atoms with Crippen molar-refractivity contribution in [2.45, 2.75) is 36.3 Å². The largest absolute Gasteiger partial charge is 0.456 e. The number of nitrogens with zero attached hydrogens (tertiary/aromatic N) is 1. The number of unbranched alkanes of at least 4 members (excludes halogenated alkanes) is 1. The Kier molecular flexibility index (Phi) is 6.66. The summed E-state index contributed by atoms with van der Waals surface area (Å²) in [7, 11) is 1.69. The van der Waals surface area contributed by atoms with Crippen LogP contribution in [0.2, 0.25) is 0 Å². The molecule has 1 N–H and O–H groups in total. The highest BCUT2D eigenvalue weighted by Crippen LogP contribution is 2.36. The van der Waals surface area contributed by atoms with Gasteiger partial charge in [0, 0.05) is 18.5 Å². The standard InChI is InChI=1S/C17H22N2O4S/c1-3-4-9-19(2)15(20)11-23-16(21)10-14-17(22)18-12-7-5-6-8-13(12)24-14/h5-8,14H,3-4,9-11H2,1-2H3,(H,18,22)/t14-/m0/s1. The van der Waals surface area contributed by atoms with E-state index in [9.17, 15) is 14.4 Å². The van der Waals surface area contributed by atoms with Crippen LogP contribution in [-0.4, -0.2) is 48.1 Å². The van der Waals surface area contributed by atoms with Gasteiger partial charge in [0.1, 0.15) is 0 Å². The van der Waals surface area contributed by atoms with E-state index in [-0.39, 0.29) is 24.8 Å². The van der Waals surface area contributed by atoms with Gasteiger partial charge in [-0.1, -0.05) is 25.5 Å². The first-order chi connectivity index (χ1) is 11.5. The molecule has 0 bridgehead atoms. The Hall–Kier alpha value is -2.02. The summed E-state index contributed by atoms with van der Waals surface area (Å²) in [5, 5.41) is 2.24. The van der Waals surface area contributed by atoms with Crippen LogP contribution < -0.4 is 5.32 Å². The number of esters is 1. The monoisotopic (exact) mass is 350 g/mol. The summed E-state index contributed by atoms with van der Waals surface area (Å²) in [6, 6.07) is 7.43. The minimum atomic E-state index is -0.542. The zero-order valence-corrected chi connectivity index (χ0v) is 14.7. The third-order valence-electron chi connectivity index (χ3n) is 3.69. The molecular formula is C17H22N2O4S. The van der Waals surface area contributed by atoms with Gasteiger partial charge in [0.05, 0.1) is 17.4 Å². The number of ether oxygens (including phenoxy) is 1. The van der Waals surface area contributed by atoms with Crippen LogP contribution in [0, 0.1) is 0 Å². The maximum Gasteiger partial charge on any atom is 0.307 e. The van der Waals surface area contributed by atoms with Crippen LogP contribution >= 0.6 is 11.8 Å². The number of nitrogens with one attached hydrogen (secondary N) is 1. The lowest BCUT2D eigenvalue weighted by atomic mass is 10.2. The van der Waals surface area contributed by atoms with Gasteiger partial charge in [0.15, 0.2) is 6.61 Å². The van der Waals surface area contributed by atoms with Crippen molar-refractivity contribution >= 4 is 35.2 Å². The highest BCUT2D eigenvalue weighted by molar-refractivity contribution is 8.01. The topological polar surface area (TPSA) is 75.7 Å². The molecule has 0 saturated carbocycles. The van der Waals surface area contributed by atoms with Crippen LogP contribution in [-0.2, 0) is 19.1 Å². The molecule has 0 fully saturated rings. The number of rotatable bonds is 7. The minimum Gasteiger partial charge on any atom is -0.456 e. The van der Waals surface area contributed by atoms with Gasteiger partial charge in [-0.2, -0.15) is 0 Å². The number of anilines is 1. The first kappa shape index (κ1) is 18.3. The first-order valence-corrected chi connectivity index (χ1v) is 8.85. The number of amides is 2. The van der Waals surface area contributed by atoms with E-state index in [0.717, 1.165) is 23.4 Å². The van der Waals surface area contributed by atoms with Crippen molar-refractivity contribution in [1.29, 1.82) is 0 Å². The summed E-state index contributed by atoms with van der Waals surface area (Å²) < 4.78 is 5.02. The van der Waals surface area contributed by atoms with Gasteiger partial charge >= 0.3 is 5.97 Å². The maximum absolute atomic E-state index is 12.0.